The highest BCUT2D eigenvalue weighted by atomic mass is 19.4. The topological polar surface area (TPSA) is 80.5 Å². The molecule has 0 unspecified atom stereocenters. The van der Waals surface area contributed by atoms with Crippen molar-refractivity contribution < 1.29 is 27.2 Å². The number of anilines is 1. The van der Waals surface area contributed by atoms with Crippen LogP contribution in [0, 0.1) is 6.92 Å². The summed E-state index contributed by atoms with van der Waals surface area (Å²) >= 11 is 0. The third kappa shape index (κ3) is 5.49. The van der Waals surface area contributed by atoms with Crippen LogP contribution in [-0.2, 0) is 12.6 Å². The van der Waals surface area contributed by atoms with Crippen LogP contribution in [0.15, 0.2) is 35.0 Å². The van der Waals surface area contributed by atoms with Crippen molar-refractivity contribution in [3.8, 4) is 5.75 Å². The lowest BCUT2D eigenvalue weighted by Crippen LogP contribution is -2.33. The Bertz CT molecular complexity index is 1080. The van der Waals surface area contributed by atoms with Crippen LogP contribution in [0.4, 0.5) is 23.8 Å². The number of halogens is 3. The van der Waals surface area contributed by atoms with E-state index in [9.17, 15) is 18.0 Å². The van der Waals surface area contributed by atoms with Gasteiger partial charge in [0.15, 0.2) is 11.3 Å². The zero-order chi connectivity index (χ0) is 23.3. The first-order valence-corrected chi connectivity index (χ1v) is 10.3. The first-order chi connectivity index (χ1) is 15.2. The molecule has 2 amide bonds. The number of rotatable bonds is 8. The number of benzene rings is 1. The summed E-state index contributed by atoms with van der Waals surface area (Å²) in [4.78, 5) is 17.9. The van der Waals surface area contributed by atoms with Crippen LogP contribution >= 0.6 is 0 Å². The van der Waals surface area contributed by atoms with Crippen LogP contribution in [0.1, 0.15) is 36.6 Å². The molecule has 32 heavy (non-hydrogen) atoms. The molecule has 1 N–H and O–H groups in total. The first kappa shape index (κ1) is 23.4. The van der Waals surface area contributed by atoms with Gasteiger partial charge in [-0.05, 0) is 49.6 Å². The second kappa shape index (κ2) is 9.88. The fraction of sp³-hybridized carbons (Fsp3) is 0.409. The predicted octanol–water partition coefficient (Wildman–Crippen LogP) is 5.44. The number of ether oxygens (including phenoxy) is 1. The van der Waals surface area contributed by atoms with Gasteiger partial charge in [-0.25, -0.2) is 9.78 Å². The van der Waals surface area contributed by atoms with Gasteiger partial charge in [0, 0.05) is 25.4 Å². The van der Waals surface area contributed by atoms with Gasteiger partial charge in [0.05, 0.1) is 12.0 Å². The van der Waals surface area contributed by atoms with Gasteiger partial charge in [-0.15, -0.1) is 0 Å². The molecule has 0 radical (unpaired) electrons. The molecule has 1 aromatic carbocycles. The molecule has 2 heterocycles. The van der Waals surface area contributed by atoms with Gasteiger partial charge in [-0.1, -0.05) is 18.5 Å². The van der Waals surface area contributed by atoms with Crippen LogP contribution in [0.2, 0.25) is 0 Å². The number of carbonyl (C=O) groups is 1. The van der Waals surface area contributed by atoms with Crippen LogP contribution in [0.3, 0.4) is 0 Å². The fourth-order valence-corrected chi connectivity index (χ4v) is 3.26. The maximum absolute atomic E-state index is 13.1. The number of aromatic nitrogens is 2. The Kier molecular flexibility index (Phi) is 7.22. The summed E-state index contributed by atoms with van der Waals surface area (Å²) in [7, 11) is 1.66. The molecule has 0 fully saturated rings. The average Bonchev–Trinajstić information content (AvgIpc) is 3.17. The molecule has 10 heteroatoms. The summed E-state index contributed by atoms with van der Waals surface area (Å²) < 4.78 is 50.2. The Labute approximate surface area is 183 Å². The van der Waals surface area contributed by atoms with Crippen LogP contribution in [0.5, 0.6) is 5.75 Å². The van der Waals surface area contributed by atoms with Crippen molar-refractivity contribution in [1.29, 1.82) is 0 Å². The summed E-state index contributed by atoms with van der Waals surface area (Å²) in [5, 5.41) is 5.87. The van der Waals surface area contributed by atoms with E-state index in [2.05, 4.69) is 15.5 Å². The lowest BCUT2D eigenvalue weighted by molar-refractivity contribution is -0.141. The largest absolute Gasteiger partial charge is 0.493 e. The average molecular weight is 450 g/mol. The standard InChI is InChI=1S/C22H25F3N4O3/c1-4-6-15-17(8-7-16-19(15)32-28-20(16)22(23,24)25)31-12-5-11-29(3)21(30)27-18-13-14(2)9-10-26-18/h7-10,13H,4-6,11-12H2,1-3H3,(H,26,27,30). The van der Waals surface area contributed by atoms with Crippen molar-refractivity contribution in [2.45, 2.75) is 39.3 Å². The Morgan fingerprint density at radius 3 is 2.75 bits per heavy atom. The highest BCUT2D eigenvalue weighted by Crippen LogP contribution is 2.38. The zero-order valence-corrected chi connectivity index (χ0v) is 18.1. The Hall–Kier alpha value is -3.30. The Morgan fingerprint density at radius 2 is 2.06 bits per heavy atom. The maximum Gasteiger partial charge on any atom is 0.437 e. The normalized spacial score (nSPS) is 11.6. The van der Waals surface area contributed by atoms with Gasteiger partial charge in [-0.3, -0.25) is 5.32 Å². The number of hydrogen-bond donors (Lipinski definition) is 1. The summed E-state index contributed by atoms with van der Waals surface area (Å²) in [5.74, 6) is 0.932. The number of pyridine rings is 1. The molecule has 0 saturated heterocycles. The molecule has 0 aliphatic carbocycles. The summed E-state index contributed by atoms with van der Waals surface area (Å²) in [5.41, 5.74) is 0.607. The summed E-state index contributed by atoms with van der Waals surface area (Å²) in [6.45, 7) is 4.53. The zero-order valence-electron chi connectivity index (χ0n) is 18.1. The molecule has 3 rings (SSSR count). The molecule has 7 nitrogen and oxygen atoms in total. The molecule has 0 spiro atoms. The molecule has 172 valence electrons. The minimum atomic E-state index is -4.59. The van der Waals surface area contributed by atoms with Crippen molar-refractivity contribution >= 4 is 22.8 Å². The first-order valence-electron chi connectivity index (χ1n) is 10.3. The van der Waals surface area contributed by atoms with Crippen molar-refractivity contribution in [3.63, 3.8) is 0 Å². The third-order valence-electron chi connectivity index (χ3n) is 4.86. The second-order valence-corrected chi connectivity index (χ2v) is 7.47. The number of amides is 2. The van der Waals surface area contributed by atoms with Crippen LogP contribution in [-0.4, -0.2) is 41.3 Å². The van der Waals surface area contributed by atoms with E-state index in [0.717, 1.165) is 5.56 Å². The third-order valence-corrected chi connectivity index (χ3v) is 4.86. The van der Waals surface area contributed by atoms with Gasteiger partial charge >= 0.3 is 12.2 Å². The van der Waals surface area contributed by atoms with E-state index in [0.29, 0.717) is 42.9 Å². The van der Waals surface area contributed by atoms with E-state index < -0.39 is 11.9 Å². The second-order valence-electron chi connectivity index (χ2n) is 7.47. The van der Waals surface area contributed by atoms with E-state index in [1.165, 1.54) is 17.0 Å². The number of hydrogen-bond acceptors (Lipinski definition) is 5. The molecule has 2 aromatic heterocycles. The lowest BCUT2D eigenvalue weighted by atomic mass is 10.0. The molecular formula is C22H25F3N4O3. The van der Waals surface area contributed by atoms with E-state index in [1.807, 2.05) is 19.9 Å². The van der Waals surface area contributed by atoms with Gasteiger partial charge < -0.3 is 14.2 Å². The molecule has 0 saturated carbocycles. The van der Waals surface area contributed by atoms with Crippen LogP contribution in [0.25, 0.3) is 11.0 Å². The molecule has 0 atom stereocenters. The maximum atomic E-state index is 13.1. The van der Waals surface area contributed by atoms with Crippen LogP contribution < -0.4 is 10.1 Å². The SMILES string of the molecule is CCCc1c(OCCCN(C)C(=O)Nc2cc(C)ccn2)ccc2c(C(F)(F)F)noc12. The van der Waals surface area contributed by atoms with Crippen molar-refractivity contribution in [3.05, 3.63) is 47.3 Å². The quantitative estimate of drug-likeness (QED) is 0.463. The molecular weight excluding hydrogens is 425 g/mol. The highest BCUT2D eigenvalue weighted by molar-refractivity contribution is 5.88. The van der Waals surface area contributed by atoms with Gasteiger partial charge in [-0.2, -0.15) is 13.2 Å². The predicted molar refractivity (Wildman–Crippen MR) is 114 cm³/mol. The van der Waals surface area contributed by atoms with Crippen molar-refractivity contribution in [1.82, 2.24) is 15.0 Å². The van der Waals surface area contributed by atoms with Gasteiger partial charge in [0.1, 0.15) is 11.6 Å². The van der Waals surface area contributed by atoms with Gasteiger partial charge in [0.25, 0.3) is 0 Å². The molecule has 3 aromatic rings. The minimum Gasteiger partial charge on any atom is -0.493 e. The van der Waals surface area contributed by atoms with E-state index in [4.69, 9.17) is 9.26 Å². The Morgan fingerprint density at radius 1 is 1.28 bits per heavy atom. The fourth-order valence-electron chi connectivity index (χ4n) is 3.26. The number of fused-ring (bicyclic) bond motifs is 1. The monoisotopic (exact) mass is 450 g/mol. The Balaban J connectivity index is 1.60. The number of nitrogens with zero attached hydrogens (tertiary/aromatic N) is 3. The molecule has 0 aliphatic heterocycles. The summed E-state index contributed by atoms with van der Waals surface area (Å²) in [6, 6.07) is 6.15. The smallest absolute Gasteiger partial charge is 0.437 e. The van der Waals surface area contributed by atoms with Gasteiger partial charge in [0.2, 0.25) is 0 Å². The number of alkyl halides is 3. The number of nitrogens with one attached hydrogen (secondary N) is 1. The number of urea groups is 1. The van der Waals surface area contributed by atoms with Crippen molar-refractivity contribution in [2.24, 2.45) is 0 Å². The number of carbonyl (C=O) groups excluding carboxylic acids is 1. The number of aryl methyl sites for hydroxylation is 2. The van der Waals surface area contributed by atoms with E-state index in [1.54, 1.807) is 19.3 Å². The molecule has 0 bridgehead atoms. The van der Waals surface area contributed by atoms with E-state index >= 15 is 0 Å². The van der Waals surface area contributed by atoms with Crippen molar-refractivity contribution in [2.75, 3.05) is 25.5 Å². The molecule has 0 aliphatic rings. The minimum absolute atomic E-state index is 0.0746. The summed E-state index contributed by atoms with van der Waals surface area (Å²) in [6.07, 6.45) is -1.25. The van der Waals surface area contributed by atoms with E-state index in [-0.39, 0.29) is 23.6 Å². The highest BCUT2D eigenvalue weighted by Gasteiger charge is 2.37. The lowest BCUT2D eigenvalue weighted by Gasteiger charge is -2.18.